The van der Waals surface area contributed by atoms with Crippen LogP contribution in [0.2, 0.25) is 0 Å². The Morgan fingerprint density at radius 1 is 0.324 bits per heavy atom. The molecule has 0 bridgehead atoms. The van der Waals surface area contributed by atoms with Crippen molar-refractivity contribution in [2.24, 2.45) is 0 Å². The van der Waals surface area contributed by atoms with E-state index in [0.717, 1.165) is 22.8 Å². The van der Waals surface area contributed by atoms with Crippen LogP contribution in [0.15, 0.2) is 146 Å². The molecule has 0 amide bonds. The van der Waals surface area contributed by atoms with Crippen LogP contribution in [0.1, 0.15) is 0 Å². The molecule has 4 nitrogen and oxygen atoms in total. The average Bonchev–Trinajstić information content (AvgIpc) is 3.00. The zero-order valence-corrected chi connectivity index (χ0v) is 23.5. The summed E-state index contributed by atoms with van der Waals surface area (Å²) in [5.41, 5.74) is 6.47. The van der Waals surface area contributed by atoms with Crippen molar-refractivity contribution in [2.45, 2.75) is 0 Å². The molecule has 1 radical (unpaired) electrons. The maximum Gasteiger partial charge on any atom is 0.0886 e. The zero-order valence-electron chi connectivity index (χ0n) is 20.2. The van der Waals surface area contributed by atoms with Crippen LogP contribution in [-0.4, -0.2) is 42.8 Å². The Balaban J connectivity index is 0.000000195. The molecule has 6 aromatic rings. The Kier molecular flexibility index (Phi) is 8.47. The number of aromatic nitrogens is 4. The van der Waals surface area contributed by atoms with Crippen LogP contribution in [0.25, 0.3) is 33.9 Å². The van der Waals surface area contributed by atoms with Gasteiger partial charge in [-0.2, -0.15) is 0 Å². The van der Waals surface area contributed by atoms with E-state index in [1.807, 2.05) is 73.1 Å². The summed E-state index contributed by atoms with van der Waals surface area (Å²) >= 11 is -1.21. The van der Waals surface area contributed by atoms with E-state index in [2.05, 4.69) is 80.6 Å². The normalized spacial score (nSPS) is 10.2. The number of hydrogen-bond acceptors (Lipinski definition) is 4. The molecule has 0 aliphatic rings. The van der Waals surface area contributed by atoms with Crippen molar-refractivity contribution in [2.75, 3.05) is 0 Å². The van der Waals surface area contributed by atoms with Crippen LogP contribution >= 0.6 is 0 Å². The molecule has 2 aromatic carbocycles. The number of hydrogen-bond donors (Lipinski definition) is 0. The third kappa shape index (κ3) is 6.57. The summed E-state index contributed by atoms with van der Waals surface area (Å²) in [6.07, 6.45) is 7.26. The average molecular weight is 579 g/mol. The first kappa shape index (κ1) is 24.6. The molecule has 37 heavy (non-hydrogen) atoms. The molecule has 6 rings (SSSR count). The first-order valence-electron chi connectivity index (χ1n) is 12.1. The monoisotopic (exact) mass is 579 g/mol. The number of pyridine rings is 4. The van der Waals surface area contributed by atoms with E-state index in [4.69, 9.17) is 0 Å². The minimum Gasteiger partial charge on any atom is -0.255 e. The molecule has 0 aliphatic carbocycles. The standard InChI is InChI=1S/2C11H8N.C10H8N2.In/c2*1-2-6-10(7-3-1)11-8-4-5-9-12-11;1-3-7-11-9(5-1)10-6-2-4-8-12-10;/h2*1-6,8-9H;1-8H;. The van der Waals surface area contributed by atoms with Crippen molar-refractivity contribution >= 4 is 29.5 Å². The fourth-order valence-electron chi connectivity index (χ4n) is 3.95. The maximum atomic E-state index is 4.55. The van der Waals surface area contributed by atoms with Crippen LogP contribution in [0, 0.1) is 0 Å². The van der Waals surface area contributed by atoms with Gasteiger partial charge < -0.3 is 0 Å². The molecule has 0 fully saturated rings. The fourth-order valence-corrected chi connectivity index (χ4v) is 8.37. The summed E-state index contributed by atoms with van der Waals surface area (Å²) in [6.45, 7) is 0. The largest absolute Gasteiger partial charge is 0.255 e. The number of rotatable bonds is 5. The second-order valence-corrected chi connectivity index (χ2v) is 12.6. The third-order valence-corrected chi connectivity index (χ3v) is 10.4. The van der Waals surface area contributed by atoms with E-state index in [9.17, 15) is 0 Å². The molecule has 175 valence electrons. The van der Waals surface area contributed by atoms with Gasteiger partial charge in [-0.05, 0) is 24.3 Å². The quantitative estimate of drug-likeness (QED) is 0.267. The van der Waals surface area contributed by atoms with Gasteiger partial charge in [0.2, 0.25) is 0 Å². The van der Waals surface area contributed by atoms with E-state index >= 15 is 0 Å². The third-order valence-electron chi connectivity index (χ3n) is 5.71. The second-order valence-electron chi connectivity index (χ2n) is 8.18. The maximum absolute atomic E-state index is 4.55. The van der Waals surface area contributed by atoms with E-state index < -0.39 is 22.9 Å². The topological polar surface area (TPSA) is 51.6 Å². The molecular weight excluding hydrogens is 555 g/mol. The summed E-state index contributed by atoms with van der Waals surface area (Å²) in [7, 11) is 0. The van der Waals surface area contributed by atoms with E-state index in [1.54, 1.807) is 12.4 Å². The molecular formula is C32H24InN4. The van der Waals surface area contributed by atoms with Crippen molar-refractivity contribution in [1.82, 2.24) is 19.9 Å². The molecule has 0 saturated carbocycles. The van der Waals surface area contributed by atoms with Gasteiger partial charge in [-0.1, -0.05) is 12.1 Å². The summed E-state index contributed by atoms with van der Waals surface area (Å²) in [4.78, 5) is 17.5. The number of benzene rings is 2. The summed E-state index contributed by atoms with van der Waals surface area (Å²) in [5, 5.41) is 0. The predicted molar refractivity (Wildman–Crippen MR) is 152 cm³/mol. The van der Waals surface area contributed by atoms with Gasteiger partial charge in [0, 0.05) is 12.4 Å². The smallest absolute Gasteiger partial charge is 0.0886 e. The number of nitrogens with zero attached hydrogens (tertiary/aromatic N) is 4. The zero-order chi connectivity index (χ0) is 25.1. The molecule has 0 spiro atoms. The minimum absolute atomic E-state index is 0.915. The van der Waals surface area contributed by atoms with Gasteiger partial charge >= 0.3 is 159 Å². The summed E-state index contributed by atoms with van der Waals surface area (Å²) in [5.74, 6) is 0. The van der Waals surface area contributed by atoms with Crippen molar-refractivity contribution in [3.63, 3.8) is 0 Å². The first-order chi connectivity index (χ1) is 18.4. The minimum atomic E-state index is -1.21. The molecule has 4 aromatic heterocycles. The molecule has 0 atom stereocenters. The van der Waals surface area contributed by atoms with Gasteiger partial charge in [0.05, 0.1) is 11.4 Å². The van der Waals surface area contributed by atoms with E-state index in [1.165, 1.54) is 17.8 Å². The van der Waals surface area contributed by atoms with Crippen molar-refractivity contribution in [3.8, 4) is 33.9 Å². The van der Waals surface area contributed by atoms with Gasteiger partial charge in [-0.3, -0.25) is 9.97 Å². The van der Waals surface area contributed by atoms with Crippen LogP contribution in [0.4, 0.5) is 0 Å². The molecule has 0 N–H and O–H groups in total. The molecule has 0 saturated heterocycles. The van der Waals surface area contributed by atoms with E-state index in [-0.39, 0.29) is 0 Å². The first-order valence-corrected chi connectivity index (χ1v) is 15.4. The van der Waals surface area contributed by atoms with Gasteiger partial charge in [-0.25, -0.2) is 0 Å². The Labute approximate surface area is 228 Å². The van der Waals surface area contributed by atoms with Crippen molar-refractivity contribution < 1.29 is 0 Å². The SMILES string of the molecule is c1ccc(-c2cccc[c]2[In][c]2ccccc2-c2ccccn2)nc1.c1ccc(-c2ccccn2)nc1. The Hall–Kier alpha value is -4.09. The van der Waals surface area contributed by atoms with E-state index in [0.29, 0.717) is 0 Å². The summed E-state index contributed by atoms with van der Waals surface area (Å²) < 4.78 is 2.92. The molecule has 5 heteroatoms. The van der Waals surface area contributed by atoms with Gasteiger partial charge in [0.1, 0.15) is 0 Å². The Morgan fingerprint density at radius 2 is 0.649 bits per heavy atom. The van der Waals surface area contributed by atoms with Crippen molar-refractivity contribution in [3.05, 3.63) is 146 Å². The van der Waals surface area contributed by atoms with Gasteiger partial charge in [-0.15, -0.1) is 0 Å². The second kappa shape index (κ2) is 12.7. The predicted octanol–water partition coefficient (Wildman–Crippen LogP) is 5.61. The molecule has 4 heterocycles. The Bertz CT molecular complexity index is 1410. The van der Waals surface area contributed by atoms with Crippen LogP contribution in [0.3, 0.4) is 0 Å². The van der Waals surface area contributed by atoms with Gasteiger partial charge in [0.25, 0.3) is 0 Å². The fraction of sp³-hybridized carbons (Fsp3) is 0. The van der Waals surface area contributed by atoms with Crippen molar-refractivity contribution in [1.29, 1.82) is 0 Å². The van der Waals surface area contributed by atoms with Crippen LogP contribution in [0.5, 0.6) is 0 Å². The molecule has 0 aliphatic heterocycles. The van der Waals surface area contributed by atoms with Crippen LogP contribution in [-0.2, 0) is 0 Å². The Morgan fingerprint density at radius 3 is 1.00 bits per heavy atom. The summed E-state index contributed by atoms with van der Waals surface area (Å²) in [6, 6.07) is 41.2. The van der Waals surface area contributed by atoms with Crippen LogP contribution < -0.4 is 6.64 Å². The molecule has 0 unspecified atom stereocenters. The van der Waals surface area contributed by atoms with Gasteiger partial charge in [0.15, 0.2) is 0 Å².